The topological polar surface area (TPSA) is 60.7 Å². The van der Waals surface area contributed by atoms with Gasteiger partial charge >= 0.3 is 5.97 Å². The highest BCUT2D eigenvalue weighted by Crippen LogP contribution is 2.22. The van der Waals surface area contributed by atoms with Gasteiger partial charge in [-0.1, -0.05) is 35.1 Å². The molecule has 0 N–H and O–H groups in total. The van der Waals surface area contributed by atoms with Crippen LogP contribution in [0.5, 0.6) is 0 Å². The Morgan fingerprint density at radius 2 is 1.96 bits per heavy atom. The Morgan fingerprint density at radius 1 is 1.21 bits per heavy atom. The van der Waals surface area contributed by atoms with Gasteiger partial charge in [-0.15, -0.1) is 11.8 Å². The molecule has 0 aliphatic rings. The number of fused-ring (bicyclic) bond motifs is 1. The van der Waals surface area contributed by atoms with Crippen LogP contribution in [0.25, 0.3) is 10.2 Å². The Bertz CT molecular complexity index is 1070. The van der Waals surface area contributed by atoms with Gasteiger partial charge in [-0.25, -0.2) is 0 Å². The standard InChI is InChI=1S/C20H19ClN2O3S2/c1-3-26-19(25)12-23-16-9-6-14(21)11-17(16)28-20(23)22-18(24)10-13-4-7-15(27-2)8-5-13/h4-9,11H,3,10,12H2,1-2H3. The lowest BCUT2D eigenvalue weighted by molar-refractivity contribution is -0.143. The lowest BCUT2D eigenvalue weighted by atomic mass is 10.1. The third-order valence-electron chi connectivity index (χ3n) is 3.97. The summed E-state index contributed by atoms with van der Waals surface area (Å²) < 4.78 is 7.61. The molecule has 1 aromatic heterocycles. The van der Waals surface area contributed by atoms with Crippen molar-refractivity contribution in [2.75, 3.05) is 12.9 Å². The second kappa shape index (κ2) is 9.41. The van der Waals surface area contributed by atoms with E-state index >= 15 is 0 Å². The van der Waals surface area contributed by atoms with Crippen LogP contribution < -0.4 is 4.80 Å². The Labute approximate surface area is 176 Å². The van der Waals surface area contributed by atoms with E-state index in [0.717, 1.165) is 20.7 Å². The number of ether oxygens (including phenoxy) is 1. The van der Waals surface area contributed by atoms with Crippen LogP contribution in [0.4, 0.5) is 0 Å². The summed E-state index contributed by atoms with van der Waals surface area (Å²) in [7, 11) is 0. The van der Waals surface area contributed by atoms with Gasteiger partial charge in [-0.05, 0) is 49.1 Å². The van der Waals surface area contributed by atoms with Crippen LogP contribution >= 0.6 is 34.7 Å². The van der Waals surface area contributed by atoms with E-state index < -0.39 is 0 Å². The Kier molecular flexibility index (Phi) is 6.93. The molecule has 0 saturated heterocycles. The molecule has 28 heavy (non-hydrogen) atoms. The molecule has 3 aromatic rings. The maximum absolute atomic E-state index is 12.5. The van der Waals surface area contributed by atoms with Gasteiger partial charge in [0.2, 0.25) is 0 Å². The van der Waals surface area contributed by atoms with Gasteiger partial charge in [0.1, 0.15) is 6.54 Å². The highest BCUT2D eigenvalue weighted by atomic mass is 35.5. The average molecular weight is 435 g/mol. The van der Waals surface area contributed by atoms with E-state index in [1.807, 2.05) is 36.6 Å². The number of hydrogen-bond donors (Lipinski definition) is 0. The van der Waals surface area contributed by atoms with E-state index in [1.165, 1.54) is 11.3 Å². The summed E-state index contributed by atoms with van der Waals surface area (Å²) in [6.45, 7) is 2.04. The van der Waals surface area contributed by atoms with E-state index in [-0.39, 0.29) is 24.8 Å². The van der Waals surface area contributed by atoms with Crippen LogP contribution in [-0.2, 0) is 27.3 Å². The smallest absolute Gasteiger partial charge is 0.326 e. The minimum absolute atomic E-state index is 0.00991. The van der Waals surface area contributed by atoms with Crippen molar-refractivity contribution in [3.63, 3.8) is 0 Å². The first-order valence-corrected chi connectivity index (χ1v) is 11.1. The monoisotopic (exact) mass is 434 g/mol. The van der Waals surface area contributed by atoms with E-state index in [2.05, 4.69) is 4.99 Å². The van der Waals surface area contributed by atoms with E-state index in [4.69, 9.17) is 16.3 Å². The van der Waals surface area contributed by atoms with Gasteiger partial charge in [0.05, 0.1) is 23.2 Å². The number of carbonyl (C=O) groups is 2. The molecule has 0 saturated carbocycles. The van der Waals surface area contributed by atoms with Crippen LogP contribution in [-0.4, -0.2) is 29.3 Å². The second-order valence-electron chi connectivity index (χ2n) is 5.92. The maximum Gasteiger partial charge on any atom is 0.326 e. The fourth-order valence-corrected chi connectivity index (χ4v) is 4.42. The van der Waals surface area contributed by atoms with Crippen LogP contribution in [0.3, 0.4) is 0 Å². The van der Waals surface area contributed by atoms with Crippen LogP contribution in [0.15, 0.2) is 52.4 Å². The number of thiazole rings is 1. The van der Waals surface area contributed by atoms with Gasteiger partial charge < -0.3 is 9.30 Å². The molecule has 0 fully saturated rings. The van der Waals surface area contributed by atoms with Crippen molar-refractivity contribution in [2.24, 2.45) is 4.99 Å². The first-order chi connectivity index (χ1) is 13.5. The molecule has 0 radical (unpaired) electrons. The fraction of sp³-hybridized carbons (Fsp3) is 0.250. The third-order valence-corrected chi connectivity index (χ3v) is 5.99. The van der Waals surface area contributed by atoms with Crippen molar-refractivity contribution < 1.29 is 14.3 Å². The summed E-state index contributed by atoms with van der Waals surface area (Å²) in [6.07, 6.45) is 2.20. The number of benzene rings is 2. The fourth-order valence-electron chi connectivity index (χ4n) is 2.69. The molecule has 0 atom stereocenters. The number of esters is 1. The molecule has 0 spiro atoms. The number of halogens is 1. The average Bonchev–Trinajstić information content (AvgIpc) is 2.98. The Hall–Kier alpha value is -2.09. The highest BCUT2D eigenvalue weighted by Gasteiger charge is 2.13. The quantitative estimate of drug-likeness (QED) is 0.428. The Balaban J connectivity index is 1.94. The van der Waals surface area contributed by atoms with Crippen molar-refractivity contribution in [3.05, 3.63) is 57.9 Å². The first-order valence-electron chi connectivity index (χ1n) is 8.65. The highest BCUT2D eigenvalue weighted by molar-refractivity contribution is 7.98. The molecule has 1 heterocycles. The summed E-state index contributed by atoms with van der Waals surface area (Å²) in [5.41, 5.74) is 1.69. The number of amides is 1. The van der Waals surface area contributed by atoms with Crippen molar-refractivity contribution >= 4 is 56.8 Å². The molecular formula is C20H19ClN2O3S2. The van der Waals surface area contributed by atoms with Gasteiger partial charge in [-0.2, -0.15) is 4.99 Å². The molecule has 0 aliphatic carbocycles. The molecule has 5 nitrogen and oxygen atoms in total. The lowest BCUT2D eigenvalue weighted by Crippen LogP contribution is -2.23. The molecule has 0 aliphatic heterocycles. The second-order valence-corrected chi connectivity index (χ2v) is 8.24. The number of nitrogens with zero attached hydrogens (tertiary/aromatic N) is 2. The number of carbonyl (C=O) groups excluding carboxylic acids is 2. The van der Waals surface area contributed by atoms with Crippen molar-refractivity contribution in [1.29, 1.82) is 0 Å². The third kappa shape index (κ3) is 5.04. The van der Waals surface area contributed by atoms with E-state index in [9.17, 15) is 9.59 Å². The number of rotatable bonds is 6. The molecule has 3 rings (SSSR count). The van der Waals surface area contributed by atoms with Crippen molar-refractivity contribution in [3.8, 4) is 0 Å². The molecule has 0 unspecified atom stereocenters. The summed E-state index contributed by atoms with van der Waals surface area (Å²) >= 11 is 9.05. The van der Waals surface area contributed by atoms with Crippen molar-refractivity contribution in [2.45, 2.75) is 24.8 Å². The predicted octanol–water partition coefficient (Wildman–Crippen LogP) is 4.31. The molecule has 8 heteroatoms. The molecule has 2 aromatic carbocycles. The van der Waals surface area contributed by atoms with Crippen molar-refractivity contribution in [1.82, 2.24) is 4.57 Å². The van der Waals surface area contributed by atoms with Crippen LogP contribution in [0.1, 0.15) is 12.5 Å². The lowest BCUT2D eigenvalue weighted by Gasteiger charge is -2.05. The minimum atomic E-state index is -0.376. The van der Waals surface area contributed by atoms with Crippen LogP contribution in [0, 0.1) is 0 Å². The normalized spacial score (nSPS) is 11.8. The first kappa shape index (κ1) is 20.6. The largest absolute Gasteiger partial charge is 0.465 e. The number of aromatic nitrogens is 1. The predicted molar refractivity (Wildman–Crippen MR) is 114 cm³/mol. The summed E-state index contributed by atoms with van der Waals surface area (Å²) in [6, 6.07) is 13.2. The molecule has 0 bridgehead atoms. The molecule has 1 amide bonds. The SMILES string of the molecule is CCOC(=O)Cn1c(=NC(=O)Cc2ccc(SC)cc2)sc2cc(Cl)ccc21. The van der Waals surface area contributed by atoms with E-state index in [1.54, 1.807) is 35.4 Å². The Morgan fingerprint density at radius 3 is 2.64 bits per heavy atom. The van der Waals surface area contributed by atoms with Gasteiger partial charge in [0.15, 0.2) is 4.80 Å². The zero-order valence-electron chi connectivity index (χ0n) is 15.5. The zero-order chi connectivity index (χ0) is 20.1. The number of thioether (sulfide) groups is 1. The number of hydrogen-bond acceptors (Lipinski definition) is 5. The summed E-state index contributed by atoms with van der Waals surface area (Å²) in [4.78, 5) is 30.4. The molecule has 146 valence electrons. The van der Waals surface area contributed by atoms with E-state index in [0.29, 0.717) is 16.4 Å². The van der Waals surface area contributed by atoms with Gasteiger partial charge in [0.25, 0.3) is 5.91 Å². The maximum atomic E-state index is 12.5. The van der Waals surface area contributed by atoms with Gasteiger partial charge in [0, 0.05) is 9.92 Å². The van der Waals surface area contributed by atoms with Gasteiger partial charge in [-0.3, -0.25) is 9.59 Å². The summed E-state index contributed by atoms with van der Waals surface area (Å²) in [5.74, 6) is -0.647. The van der Waals surface area contributed by atoms with Crippen LogP contribution in [0.2, 0.25) is 5.02 Å². The summed E-state index contributed by atoms with van der Waals surface area (Å²) in [5, 5.41) is 0.587. The zero-order valence-corrected chi connectivity index (χ0v) is 17.9. The molecular weight excluding hydrogens is 416 g/mol. The minimum Gasteiger partial charge on any atom is -0.465 e.